The fraction of sp³-hybridized carbons (Fsp3) is 0.385. The first-order valence-electron chi connectivity index (χ1n) is 5.83. The molecule has 2 N–H and O–H groups in total. The average molecular weight is 230 g/mol. The Morgan fingerprint density at radius 2 is 1.88 bits per heavy atom. The molecule has 0 atom stereocenters. The quantitative estimate of drug-likeness (QED) is 0.863. The van der Waals surface area contributed by atoms with Gasteiger partial charge < -0.3 is 5.73 Å². The molecule has 2 rings (SSSR count). The Hall–Kier alpha value is -1.68. The molecule has 0 saturated carbocycles. The van der Waals surface area contributed by atoms with Crippen molar-refractivity contribution in [1.29, 1.82) is 0 Å². The number of aromatic nitrogens is 3. The molecule has 1 aromatic carbocycles. The van der Waals surface area contributed by atoms with E-state index < -0.39 is 0 Å². The predicted molar refractivity (Wildman–Crippen MR) is 67.5 cm³/mol. The summed E-state index contributed by atoms with van der Waals surface area (Å²) in [6.45, 7) is 2.50. The highest BCUT2D eigenvalue weighted by molar-refractivity contribution is 5.21. The third-order valence-corrected chi connectivity index (χ3v) is 2.84. The number of aryl methyl sites for hydroxylation is 4. The van der Waals surface area contributed by atoms with Crippen molar-refractivity contribution < 1.29 is 0 Å². The van der Waals surface area contributed by atoms with Crippen LogP contribution in [0, 0.1) is 6.92 Å². The van der Waals surface area contributed by atoms with Crippen molar-refractivity contribution in [1.82, 2.24) is 14.8 Å². The predicted octanol–water partition coefficient (Wildman–Crippen LogP) is 1.37. The monoisotopic (exact) mass is 230 g/mol. The number of nitrogens with zero attached hydrogens (tertiary/aromatic N) is 3. The summed E-state index contributed by atoms with van der Waals surface area (Å²) >= 11 is 0. The summed E-state index contributed by atoms with van der Waals surface area (Å²) in [6.07, 6.45) is 1.88. The number of benzene rings is 1. The Labute approximate surface area is 101 Å². The standard InChI is InChI=1S/C13H18N4/c1-10-3-5-11(6-4-10)7-8-13-15-12(9-14)16-17(13)2/h3-6H,7-9,14H2,1-2H3. The lowest BCUT2D eigenvalue weighted by Crippen LogP contribution is -2.01. The van der Waals surface area contributed by atoms with Crippen LogP contribution in [0.3, 0.4) is 0 Å². The lowest BCUT2D eigenvalue weighted by molar-refractivity contribution is 0.686. The first-order valence-corrected chi connectivity index (χ1v) is 5.83. The van der Waals surface area contributed by atoms with E-state index in [4.69, 9.17) is 5.73 Å². The summed E-state index contributed by atoms with van der Waals surface area (Å²) < 4.78 is 1.82. The third-order valence-electron chi connectivity index (χ3n) is 2.84. The molecule has 2 aromatic rings. The van der Waals surface area contributed by atoms with Crippen LogP contribution in [-0.2, 0) is 26.4 Å². The van der Waals surface area contributed by atoms with Gasteiger partial charge in [-0.05, 0) is 18.9 Å². The fourth-order valence-electron chi connectivity index (χ4n) is 1.79. The Morgan fingerprint density at radius 1 is 1.18 bits per heavy atom. The first-order chi connectivity index (χ1) is 8.19. The molecule has 4 nitrogen and oxygen atoms in total. The minimum Gasteiger partial charge on any atom is -0.324 e. The van der Waals surface area contributed by atoms with Gasteiger partial charge in [0.05, 0.1) is 6.54 Å². The zero-order valence-corrected chi connectivity index (χ0v) is 10.3. The van der Waals surface area contributed by atoms with E-state index in [9.17, 15) is 0 Å². The van der Waals surface area contributed by atoms with Gasteiger partial charge in [0.25, 0.3) is 0 Å². The molecule has 90 valence electrons. The van der Waals surface area contributed by atoms with Crippen LogP contribution in [0.25, 0.3) is 0 Å². The van der Waals surface area contributed by atoms with Crippen LogP contribution in [-0.4, -0.2) is 14.8 Å². The Morgan fingerprint density at radius 3 is 2.47 bits per heavy atom. The van der Waals surface area contributed by atoms with Crippen molar-refractivity contribution in [2.75, 3.05) is 0 Å². The van der Waals surface area contributed by atoms with Gasteiger partial charge in [-0.15, -0.1) is 0 Å². The Balaban J connectivity index is 2.01. The molecule has 0 bridgehead atoms. The topological polar surface area (TPSA) is 56.7 Å². The van der Waals surface area contributed by atoms with E-state index in [1.165, 1.54) is 11.1 Å². The summed E-state index contributed by atoms with van der Waals surface area (Å²) in [7, 11) is 1.91. The van der Waals surface area contributed by atoms with Crippen molar-refractivity contribution in [3.8, 4) is 0 Å². The molecule has 1 aromatic heterocycles. The molecule has 1 heterocycles. The lowest BCUT2D eigenvalue weighted by atomic mass is 10.1. The number of nitrogens with two attached hydrogens (primary N) is 1. The lowest BCUT2D eigenvalue weighted by Gasteiger charge is -2.01. The fourth-order valence-corrected chi connectivity index (χ4v) is 1.79. The molecule has 17 heavy (non-hydrogen) atoms. The molecule has 0 radical (unpaired) electrons. The van der Waals surface area contributed by atoms with E-state index in [1.54, 1.807) is 0 Å². The van der Waals surface area contributed by atoms with Crippen LogP contribution in [0.2, 0.25) is 0 Å². The minimum absolute atomic E-state index is 0.401. The van der Waals surface area contributed by atoms with Gasteiger partial charge in [0.1, 0.15) is 5.82 Å². The molecule has 4 heteroatoms. The van der Waals surface area contributed by atoms with E-state index in [-0.39, 0.29) is 0 Å². The van der Waals surface area contributed by atoms with E-state index in [0.717, 1.165) is 18.7 Å². The maximum absolute atomic E-state index is 5.52. The first kappa shape index (κ1) is 11.8. The van der Waals surface area contributed by atoms with Gasteiger partial charge in [0.15, 0.2) is 5.82 Å². The van der Waals surface area contributed by atoms with Crippen LogP contribution in [0.1, 0.15) is 22.8 Å². The molecule has 0 fully saturated rings. The molecule has 0 amide bonds. The smallest absolute Gasteiger partial charge is 0.164 e. The summed E-state index contributed by atoms with van der Waals surface area (Å²) in [5, 5.41) is 4.24. The average Bonchev–Trinajstić information content (AvgIpc) is 2.69. The largest absolute Gasteiger partial charge is 0.324 e. The Kier molecular flexibility index (Phi) is 3.54. The maximum Gasteiger partial charge on any atom is 0.164 e. The SMILES string of the molecule is Cc1ccc(CCc2nc(CN)nn2C)cc1. The van der Waals surface area contributed by atoms with Crippen LogP contribution in [0.15, 0.2) is 24.3 Å². The van der Waals surface area contributed by atoms with Gasteiger partial charge in [-0.3, -0.25) is 4.68 Å². The third kappa shape index (κ3) is 2.91. The molecule has 0 aliphatic rings. The zero-order chi connectivity index (χ0) is 12.3. The molecule has 0 spiro atoms. The van der Waals surface area contributed by atoms with Crippen LogP contribution in [0.4, 0.5) is 0 Å². The van der Waals surface area contributed by atoms with Crippen molar-refractivity contribution in [3.63, 3.8) is 0 Å². The van der Waals surface area contributed by atoms with Gasteiger partial charge in [-0.2, -0.15) is 5.10 Å². The van der Waals surface area contributed by atoms with Crippen LogP contribution >= 0.6 is 0 Å². The van der Waals surface area contributed by atoms with Crippen molar-refractivity contribution in [3.05, 3.63) is 47.0 Å². The maximum atomic E-state index is 5.52. The van der Waals surface area contributed by atoms with Gasteiger partial charge in [-0.25, -0.2) is 4.98 Å². The van der Waals surface area contributed by atoms with Crippen molar-refractivity contribution in [2.45, 2.75) is 26.3 Å². The second-order valence-electron chi connectivity index (χ2n) is 4.26. The van der Waals surface area contributed by atoms with Crippen LogP contribution < -0.4 is 5.73 Å². The van der Waals surface area contributed by atoms with E-state index in [1.807, 2.05) is 11.7 Å². The number of hydrogen-bond acceptors (Lipinski definition) is 3. The molecule has 0 saturated heterocycles. The normalized spacial score (nSPS) is 10.8. The zero-order valence-electron chi connectivity index (χ0n) is 10.3. The van der Waals surface area contributed by atoms with Gasteiger partial charge in [0.2, 0.25) is 0 Å². The van der Waals surface area contributed by atoms with E-state index in [2.05, 4.69) is 41.3 Å². The van der Waals surface area contributed by atoms with Crippen molar-refractivity contribution >= 4 is 0 Å². The minimum atomic E-state index is 0.401. The molecule has 0 aliphatic carbocycles. The second-order valence-corrected chi connectivity index (χ2v) is 4.26. The molecular weight excluding hydrogens is 212 g/mol. The summed E-state index contributed by atoms with van der Waals surface area (Å²) in [4.78, 5) is 4.39. The Bertz CT molecular complexity index is 485. The van der Waals surface area contributed by atoms with E-state index >= 15 is 0 Å². The highest BCUT2D eigenvalue weighted by Crippen LogP contribution is 2.07. The number of rotatable bonds is 4. The molecule has 0 aliphatic heterocycles. The van der Waals surface area contributed by atoms with Gasteiger partial charge >= 0.3 is 0 Å². The van der Waals surface area contributed by atoms with Gasteiger partial charge in [0, 0.05) is 13.5 Å². The highest BCUT2D eigenvalue weighted by Gasteiger charge is 2.05. The van der Waals surface area contributed by atoms with Crippen molar-refractivity contribution in [2.24, 2.45) is 12.8 Å². The molecular formula is C13H18N4. The summed E-state index contributed by atoms with van der Waals surface area (Å²) in [5.41, 5.74) is 8.13. The van der Waals surface area contributed by atoms with E-state index in [0.29, 0.717) is 12.4 Å². The highest BCUT2D eigenvalue weighted by atomic mass is 15.3. The van der Waals surface area contributed by atoms with Crippen LogP contribution in [0.5, 0.6) is 0 Å². The summed E-state index contributed by atoms with van der Waals surface area (Å²) in [5.74, 6) is 1.71. The second kappa shape index (κ2) is 5.10. The number of hydrogen-bond donors (Lipinski definition) is 1. The summed E-state index contributed by atoms with van der Waals surface area (Å²) in [6, 6.07) is 8.60. The van der Waals surface area contributed by atoms with Gasteiger partial charge in [-0.1, -0.05) is 29.8 Å². The molecule has 0 unspecified atom stereocenters.